The zero-order valence-corrected chi connectivity index (χ0v) is 12.0. The number of nitrogens with one attached hydrogen (secondary N) is 1. The second-order valence-corrected chi connectivity index (χ2v) is 4.74. The van der Waals surface area contributed by atoms with Gasteiger partial charge in [0.25, 0.3) is 0 Å². The number of halogens is 1. The van der Waals surface area contributed by atoms with Crippen LogP contribution in [0.5, 0.6) is 0 Å². The first kappa shape index (κ1) is 14.9. The number of nitrogens with zero attached hydrogens (tertiary/aromatic N) is 3. The normalized spacial score (nSPS) is 11.0. The van der Waals surface area contributed by atoms with Crippen LogP contribution in [0.3, 0.4) is 0 Å². The van der Waals surface area contributed by atoms with Crippen molar-refractivity contribution >= 4 is 12.1 Å². The summed E-state index contributed by atoms with van der Waals surface area (Å²) in [4.78, 5) is 11.7. The van der Waals surface area contributed by atoms with Crippen molar-refractivity contribution in [3.05, 3.63) is 53.1 Å². The first-order valence-corrected chi connectivity index (χ1v) is 6.63. The third-order valence-corrected chi connectivity index (χ3v) is 2.93. The average Bonchev–Trinajstić information content (AvgIpc) is 2.77. The number of amides is 1. The second kappa shape index (κ2) is 6.78. The summed E-state index contributed by atoms with van der Waals surface area (Å²) in [6, 6.07) is 7.81. The van der Waals surface area contributed by atoms with E-state index in [-0.39, 0.29) is 11.7 Å². The van der Waals surface area contributed by atoms with Crippen LogP contribution in [0, 0.1) is 19.7 Å². The lowest BCUT2D eigenvalue weighted by molar-refractivity contribution is -0.121. The van der Waals surface area contributed by atoms with Crippen molar-refractivity contribution in [2.45, 2.75) is 26.8 Å². The van der Waals surface area contributed by atoms with Gasteiger partial charge in [-0.25, -0.2) is 9.82 Å². The molecule has 0 saturated carbocycles. The van der Waals surface area contributed by atoms with Gasteiger partial charge in [0.15, 0.2) is 0 Å². The molecule has 1 amide bonds. The van der Waals surface area contributed by atoms with E-state index in [2.05, 4.69) is 15.6 Å². The van der Waals surface area contributed by atoms with Crippen molar-refractivity contribution in [2.24, 2.45) is 5.10 Å². The lowest BCUT2D eigenvalue weighted by atomic mass is 10.2. The van der Waals surface area contributed by atoms with E-state index in [0.29, 0.717) is 13.0 Å². The van der Waals surface area contributed by atoms with Crippen molar-refractivity contribution in [1.29, 1.82) is 0 Å². The lowest BCUT2D eigenvalue weighted by Crippen LogP contribution is -2.20. The molecule has 6 heteroatoms. The summed E-state index contributed by atoms with van der Waals surface area (Å²) in [6.07, 6.45) is 1.77. The van der Waals surface area contributed by atoms with E-state index < -0.39 is 0 Å². The summed E-state index contributed by atoms with van der Waals surface area (Å²) in [5.74, 6) is -0.498. The van der Waals surface area contributed by atoms with Crippen LogP contribution in [-0.4, -0.2) is 21.9 Å². The molecule has 110 valence electrons. The number of benzene rings is 1. The Morgan fingerprint density at radius 3 is 2.71 bits per heavy atom. The van der Waals surface area contributed by atoms with E-state index in [1.165, 1.54) is 18.3 Å². The summed E-state index contributed by atoms with van der Waals surface area (Å²) in [5.41, 5.74) is 5.11. The molecule has 0 spiro atoms. The highest BCUT2D eigenvalue weighted by atomic mass is 19.1. The Labute approximate surface area is 122 Å². The van der Waals surface area contributed by atoms with E-state index in [0.717, 1.165) is 17.0 Å². The van der Waals surface area contributed by atoms with Crippen LogP contribution in [0.1, 0.15) is 23.4 Å². The smallest absolute Gasteiger partial charge is 0.241 e. The summed E-state index contributed by atoms with van der Waals surface area (Å²) in [5, 5.41) is 8.12. The zero-order chi connectivity index (χ0) is 15.2. The standard InChI is InChI=1S/C15H17FN4O/c1-11-9-12(2)20(19-11)8-7-15(21)18-17-10-13-3-5-14(16)6-4-13/h3-6,9-10H,7-8H2,1-2H3,(H,18,21)/b17-10-. The quantitative estimate of drug-likeness (QED) is 0.677. The Morgan fingerprint density at radius 2 is 2.10 bits per heavy atom. The highest BCUT2D eigenvalue weighted by Gasteiger charge is 2.04. The summed E-state index contributed by atoms with van der Waals surface area (Å²) < 4.78 is 14.5. The predicted octanol–water partition coefficient (Wildman–Crippen LogP) is 2.18. The van der Waals surface area contributed by atoms with Crippen LogP contribution in [0.2, 0.25) is 0 Å². The van der Waals surface area contributed by atoms with E-state index in [9.17, 15) is 9.18 Å². The molecule has 0 unspecified atom stereocenters. The van der Waals surface area contributed by atoms with Gasteiger partial charge in [-0.3, -0.25) is 9.48 Å². The number of carbonyl (C=O) groups is 1. The predicted molar refractivity (Wildman–Crippen MR) is 78.5 cm³/mol. The molecular weight excluding hydrogens is 271 g/mol. The van der Waals surface area contributed by atoms with Crippen LogP contribution < -0.4 is 5.43 Å². The molecule has 21 heavy (non-hydrogen) atoms. The molecule has 1 aromatic carbocycles. The minimum Gasteiger partial charge on any atom is -0.273 e. The highest BCUT2D eigenvalue weighted by Crippen LogP contribution is 2.02. The monoisotopic (exact) mass is 288 g/mol. The Hall–Kier alpha value is -2.50. The fourth-order valence-corrected chi connectivity index (χ4v) is 1.89. The van der Waals surface area contributed by atoms with Crippen molar-refractivity contribution in [2.75, 3.05) is 0 Å². The van der Waals surface area contributed by atoms with Crippen molar-refractivity contribution in [1.82, 2.24) is 15.2 Å². The molecule has 1 heterocycles. The third-order valence-electron chi connectivity index (χ3n) is 2.93. The van der Waals surface area contributed by atoms with Crippen LogP contribution in [0.4, 0.5) is 4.39 Å². The molecule has 0 atom stereocenters. The molecule has 0 aliphatic carbocycles. The van der Waals surface area contributed by atoms with Gasteiger partial charge in [-0.2, -0.15) is 10.2 Å². The number of carbonyl (C=O) groups excluding carboxylic acids is 1. The minimum atomic E-state index is -0.305. The average molecular weight is 288 g/mol. The van der Waals surface area contributed by atoms with E-state index in [1.54, 1.807) is 16.8 Å². The number of aromatic nitrogens is 2. The largest absolute Gasteiger partial charge is 0.273 e. The van der Waals surface area contributed by atoms with Gasteiger partial charge in [0.1, 0.15) is 5.82 Å². The molecule has 0 saturated heterocycles. The Bertz CT molecular complexity index is 646. The fourth-order valence-electron chi connectivity index (χ4n) is 1.89. The van der Waals surface area contributed by atoms with Gasteiger partial charge in [-0.05, 0) is 37.6 Å². The maximum absolute atomic E-state index is 12.7. The van der Waals surface area contributed by atoms with Gasteiger partial charge in [0.2, 0.25) is 5.91 Å². The van der Waals surface area contributed by atoms with E-state index in [1.807, 2.05) is 19.9 Å². The van der Waals surface area contributed by atoms with Crippen LogP contribution >= 0.6 is 0 Å². The number of hydrogen-bond donors (Lipinski definition) is 1. The van der Waals surface area contributed by atoms with Gasteiger partial charge in [-0.15, -0.1) is 0 Å². The molecule has 0 bridgehead atoms. The summed E-state index contributed by atoms with van der Waals surface area (Å²) in [6.45, 7) is 4.37. The Balaban J connectivity index is 1.79. The Kier molecular flexibility index (Phi) is 4.81. The fraction of sp³-hybridized carbons (Fsp3) is 0.267. The number of rotatable bonds is 5. The van der Waals surface area contributed by atoms with Crippen LogP contribution in [0.15, 0.2) is 35.4 Å². The van der Waals surface area contributed by atoms with Gasteiger partial charge in [0, 0.05) is 12.1 Å². The molecule has 0 aliphatic heterocycles. The van der Waals surface area contributed by atoms with Crippen molar-refractivity contribution in [3.63, 3.8) is 0 Å². The minimum absolute atomic E-state index is 0.194. The van der Waals surface area contributed by atoms with Crippen LogP contribution in [0.25, 0.3) is 0 Å². The molecule has 0 fully saturated rings. The zero-order valence-electron chi connectivity index (χ0n) is 12.0. The van der Waals surface area contributed by atoms with E-state index in [4.69, 9.17) is 0 Å². The topological polar surface area (TPSA) is 59.3 Å². The number of hydrazone groups is 1. The molecule has 0 aliphatic rings. The van der Waals surface area contributed by atoms with Gasteiger partial charge < -0.3 is 0 Å². The number of aryl methyl sites for hydroxylation is 3. The maximum atomic E-state index is 12.7. The maximum Gasteiger partial charge on any atom is 0.241 e. The molecule has 1 aromatic heterocycles. The van der Waals surface area contributed by atoms with Crippen molar-refractivity contribution in [3.8, 4) is 0 Å². The molecule has 2 aromatic rings. The SMILES string of the molecule is Cc1cc(C)n(CCC(=O)N/N=C\c2ccc(F)cc2)n1. The van der Waals surface area contributed by atoms with Gasteiger partial charge in [0.05, 0.1) is 18.5 Å². The lowest BCUT2D eigenvalue weighted by Gasteiger charge is -2.03. The van der Waals surface area contributed by atoms with Gasteiger partial charge in [-0.1, -0.05) is 12.1 Å². The molecular formula is C15H17FN4O. The van der Waals surface area contributed by atoms with Crippen molar-refractivity contribution < 1.29 is 9.18 Å². The molecule has 1 N–H and O–H groups in total. The second-order valence-electron chi connectivity index (χ2n) is 4.74. The third kappa shape index (κ3) is 4.52. The molecule has 5 nitrogen and oxygen atoms in total. The van der Waals surface area contributed by atoms with E-state index >= 15 is 0 Å². The van der Waals surface area contributed by atoms with Crippen LogP contribution in [-0.2, 0) is 11.3 Å². The highest BCUT2D eigenvalue weighted by molar-refractivity contribution is 5.82. The summed E-state index contributed by atoms with van der Waals surface area (Å²) >= 11 is 0. The number of hydrogen-bond acceptors (Lipinski definition) is 3. The molecule has 2 rings (SSSR count). The Morgan fingerprint density at radius 1 is 1.38 bits per heavy atom. The summed E-state index contributed by atoms with van der Waals surface area (Å²) in [7, 11) is 0. The first-order valence-electron chi connectivity index (χ1n) is 6.63. The van der Waals surface area contributed by atoms with Gasteiger partial charge >= 0.3 is 0 Å². The first-order chi connectivity index (χ1) is 10.0. The molecule has 0 radical (unpaired) electrons.